The fourth-order valence-corrected chi connectivity index (χ4v) is 3.49. The molecule has 0 aromatic carbocycles. The Morgan fingerprint density at radius 1 is 1.04 bits per heavy atom. The number of esters is 2. The number of phosphoric ester groups is 1. The highest BCUT2D eigenvalue weighted by Gasteiger charge is 2.47. The van der Waals surface area contributed by atoms with Crippen molar-refractivity contribution in [2.75, 3.05) is 34.0 Å². The van der Waals surface area contributed by atoms with Crippen LogP contribution in [0.25, 0.3) is 0 Å². The van der Waals surface area contributed by atoms with Gasteiger partial charge in [-0.05, 0) is 39.0 Å². The predicted octanol–water partition coefficient (Wildman–Crippen LogP) is 3.27. The summed E-state index contributed by atoms with van der Waals surface area (Å²) in [6.45, 7) is 3.40. The van der Waals surface area contributed by atoms with E-state index in [1.807, 2.05) is 6.08 Å². The van der Waals surface area contributed by atoms with Gasteiger partial charge < -0.3 is 9.47 Å². The highest BCUT2D eigenvalue weighted by Crippen LogP contribution is 2.48. The maximum absolute atomic E-state index is 12.4. The third-order valence-electron chi connectivity index (χ3n) is 4.03. The van der Waals surface area contributed by atoms with Crippen LogP contribution in [0.2, 0.25) is 0 Å². The number of methoxy groups -OCH3 is 2. The number of phosphoric acid groups is 1. The molecule has 0 radical (unpaired) electrons. The summed E-state index contributed by atoms with van der Waals surface area (Å²) in [7, 11) is -1.25. The monoisotopic (exact) mass is 416 g/mol. The van der Waals surface area contributed by atoms with Gasteiger partial charge in [0.25, 0.3) is 0 Å². The van der Waals surface area contributed by atoms with Crippen LogP contribution in [-0.2, 0) is 37.2 Å². The third kappa shape index (κ3) is 7.40. The van der Waals surface area contributed by atoms with Crippen molar-refractivity contribution < 1.29 is 37.2 Å². The second-order valence-electron chi connectivity index (χ2n) is 6.12. The van der Waals surface area contributed by atoms with Gasteiger partial charge in [0.1, 0.15) is 6.61 Å². The van der Waals surface area contributed by atoms with E-state index in [9.17, 15) is 14.2 Å². The van der Waals surface area contributed by atoms with Crippen molar-refractivity contribution in [3.63, 3.8) is 0 Å². The normalized spacial score (nSPS) is 14.4. The van der Waals surface area contributed by atoms with Gasteiger partial charge >= 0.3 is 19.8 Å². The minimum atomic E-state index is -3.67. The summed E-state index contributed by atoms with van der Waals surface area (Å²) in [5, 5.41) is 0. The Balaban J connectivity index is 2.85. The van der Waals surface area contributed by atoms with Crippen LogP contribution in [0.15, 0.2) is 12.2 Å². The molecule has 0 spiro atoms. The van der Waals surface area contributed by atoms with Crippen molar-refractivity contribution >= 4 is 19.8 Å². The highest BCUT2D eigenvalue weighted by molar-refractivity contribution is 7.48. The molecule has 1 saturated carbocycles. The molecular formula is C19H29O8P. The van der Waals surface area contributed by atoms with Crippen molar-refractivity contribution in [3.8, 4) is 11.8 Å². The van der Waals surface area contributed by atoms with Crippen LogP contribution < -0.4 is 0 Å². The van der Waals surface area contributed by atoms with E-state index in [4.69, 9.17) is 23.0 Å². The number of hydrogen-bond acceptors (Lipinski definition) is 8. The van der Waals surface area contributed by atoms with Crippen LogP contribution in [0, 0.1) is 23.2 Å². The van der Waals surface area contributed by atoms with E-state index in [-0.39, 0.29) is 32.7 Å². The summed E-state index contributed by atoms with van der Waals surface area (Å²) in [6, 6.07) is 0. The van der Waals surface area contributed by atoms with Gasteiger partial charge in [-0.1, -0.05) is 24.0 Å². The van der Waals surface area contributed by atoms with Crippen molar-refractivity contribution in [2.24, 2.45) is 11.3 Å². The Morgan fingerprint density at radius 3 is 2.07 bits per heavy atom. The molecule has 0 amide bonds. The van der Waals surface area contributed by atoms with Crippen LogP contribution in [0.3, 0.4) is 0 Å². The molecule has 0 bridgehead atoms. The SMILES string of the molecule is CCOP(=O)(OCC)OCC#CCC(C/C=C/C1CC1)(C(=O)OC)C(=O)OC. The number of hydrogen-bond donors (Lipinski definition) is 0. The van der Waals surface area contributed by atoms with Gasteiger partial charge in [-0.3, -0.25) is 23.2 Å². The fourth-order valence-electron chi connectivity index (χ4n) is 2.41. The van der Waals surface area contributed by atoms with Gasteiger partial charge in [-0.2, -0.15) is 0 Å². The lowest BCUT2D eigenvalue weighted by Gasteiger charge is -2.24. The van der Waals surface area contributed by atoms with Gasteiger partial charge in [-0.15, -0.1) is 0 Å². The first-order chi connectivity index (χ1) is 13.4. The second kappa shape index (κ2) is 12.0. The third-order valence-corrected chi connectivity index (χ3v) is 5.63. The Hall–Kier alpha value is -1.65. The van der Waals surface area contributed by atoms with Gasteiger partial charge in [-0.25, -0.2) is 4.57 Å². The molecule has 0 atom stereocenters. The predicted molar refractivity (Wildman–Crippen MR) is 102 cm³/mol. The highest BCUT2D eigenvalue weighted by atomic mass is 31.2. The summed E-state index contributed by atoms with van der Waals surface area (Å²) < 4.78 is 37.0. The van der Waals surface area contributed by atoms with Gasteiger partial charge in [0.15, 0.2) is 5.41 Å². The summed E-state index contributed by atoms with van der Waals surface area (Å²) in [4.78, 5) is 24.8. The molecule has 8 nitrogen and oxygen atoms in total. The van der Waals surface area contributed by atoms with Crippen LogP contribution >= 0.6 is 7.82 Å². The molecule has 0 unspecified atom stereocenters. The number of ether oxygens (including phenoxy) is 2. The number of carbonyl (C=O) groups excluding carboxylic acids is 2. The molecule has 158 valence electrons. The van der Waals surface area contributed by atoms with E-state index >= 15 is 0 Å². The lowest BCUT2D eigenvalue weighted by Crippen LogP contribution is -2.40. The summed E-state index contributed by atoms with van der Waals surface area (Å²) in [6.07, 6.45) is 5.99. The fraction of sp³-hybridized carbons (Fsp3) is 0.684. The zero-order valence-corrected chi connectivity index (χ0v) is 17.8. The molecule has 0 heterocycles. The van der Waals surface area contributed by atoms with Crippen molar-refractivity contribution in [1.82, 2.24) is 0 Å². The maximum Gasteiger partial charge on any atom is 0.475 e. The van der Waals surface area contributed by atoms with Crippen LogP contribution in [0.1, 0.15) is 39.5 Å². The smallest absolute Gasteiger partial charge is 0.468 e. The molecule has 1 fully saturated rings. The van der Waals surface area contributed by atoms with E-state index in [0.29, 0.717) is 5.92 Å². The first-order valence-electron chi connectivity index (χ1n) is 9.20. The molecule has 0 aromatic rings. The molecule has 0 aromatic heterocycles. The molecule has 9 heteroatoms. The summed E-state index contributed by atoms with van der Waals surface area (Å²) in [5.74, 6) is 4.43. The van der Waals surface area contributed by atoms with Gasteiger partial charge in [0, 0.05) is 6.42 Å². The topological polar surface area (TPSA) is 97.4 Å². The molecule has 1 aliphatic carbocycles. The molecule has 0 N–H and O–H groups in total. The molecule has 0 saturated heterocycles. The van der Waals surface area contributed by atoms with Crippen LogP contribution in [0.4, 0.5) is 0 Å². The lowest BCUT2D eigenvalue weighted by atomic mass is 9.81. The van der Waals surface area contributed by atoms with Crippen molar-refractivity contribution in [3.05, 3.63) is 12.2 Å². The zero-order chi connectivity index (χ0) is 21.0. The molecule has 1 rings (SSSR count). The number of allylic oxidation sites excluding steroid dienone is 2. The minimum absolute atomic E-state index is 0.120. The summed E-state index contributed by atoms with van der Waals surface area (Å²) in [5.41, 5.74) is -1.56. The molecule has 0 aliphatic heterocycles. The van der Waals surface area contributed by atoms with Gasteiger partial charge in [0.2, 0.25) is 0 Å². The average Bonchev–Trinajstić information content (AvgIpc) is 3.49. The lowest BCUT2D eigenvalue weighted by molar-refractivity contribution is -0.168. The van der Waals surface area contributed by atoms with Crippen LogP contribution in [-0.4, -0.2) is 46.0 Å². The van der Waals surface area contributed by atoms with Crippen molar-refractivity contribution in [1.29, 1.82) is 0 Å². The van der Waals surface area contributed by atoms with E-state index < -0.39 is 25.2 Å². The molecular weight excluding hydrogens is 387 g/mol. The number of carbonyl (C=O) groups is 2. The Morgan fingerprint density at radius 2 is 1.61 bits per heavy atom. The standard InChI is InChI=1S/C19H29O8P/c1-5-25-28(22,26-6-2)27-15-8-7-13-19(17(20)23-3,18(21)24-4)14-9-10-16-11-12-16/h9-10,16H,5-6,11-15H2,1-4H3/b10-9+. The quantitative estimate of drug-likeness (QED) is 0.157. The number of rotatable bonds is 12. The largest absolute Gasteiger partial charge is 0.475 e. The Labute approximate surface area is 166 Å². The Bertz CT molecular complexity index is 631. The first kappa shape index (κ1) is 24.4. The minimum Gasteiger partial charge on any atom is -0.468 e. The van der Waals surface area contributed by atoms with Crippen molar-refractivity contribution in [2.45, 2.75) is 39.5 Å². The first-order valence-corrected chi connectivity index (χ1v) is 10.7. The average molecular weight is 416 g/mol. The zero-order valence-electron chi connectivity index (χ0n) is 16.9. The Kier molecular flexibility index (Phi) is 10.5. The van der Waals surface area contributed by atoms with E-state index in [0.717, 1.165) is 12.8 Å². The second-order valence-corrected chi connectivity index (χ2v) is 7.79. The van der Waals surface area contributed by atoms with Gasteiger partial charge in [0.05, 0.1) is 27.4 Å². The van der Waals surface area contributed by atoms with Crippen LogP contribution in [0.5, 0.6) is 0 Å². The molecule has 28 heavy (non-hydrogen) atoms. The van der Waals surface area contributed by atoms with E-state index in [2.05, 4.69) is 11.8 Å². The van der Waals surface area contributed by atoms with E-state index in [1.165, 1.54) is 14.2 Å². The summed E-state index contributed by atoms with van der Waals surface area (Å²) >= 11 is 0. The maximum atomic E-state index is 12.4. The van der Waals surface area contributed by atoms with E-state index in [1.54, 1.807) is 19.9 Å². The molecule has 1 aliphatic rings.